The molecule has 90 valence electrons. The molecule has 15 heavy (non-hydrogen) atoms. The molecule has 1 saturated heterocycles. The summed E-state index contributed by atoms with van der Waals surface area (Å²) in [6.07, 6.45) is 1.50. The van der Waals surface area contributed by atoms with Crippen LogP contribution < -0.4 is 5.32 Å². The molecule has 0 amide bonds. The van der Waals surface area contributed by atoms with Crippen molar-refractivity contribution in [1.29, 1.82) is 0 Å². The second-order valence-electron chi connectivity index (χ2n) is 3.40. The maximum absolute atomic E-state index is 11.9. The molecule has 0 radical (unpaired) electrons. The smallest absolute Gasteiger partial charge is 0.316 e. The lowest BCUT2D eigenvalue weighted by Crippen LogP contribution is -2.34. The summed E-state index contributed by atoms with van der Waals surface area (Å²) in [5.74, 6) is -0.170. The van der Waals surface area contributed by atoms with Gasteiger partial charge in [-0.05, 0) is 25.3 Å². The SMILES string of the molecule is O=S(=O)(OCC1CCCNC1)C(F)(F)F. The molecule has 1 fully saturated rings. The number of nitrogens with one attached hydrogen (secondary N) is 1. The number of halogens is 3. The van der Waals surface area contributed by atoms with E-state index in [-0.39, 0.29) is 5.92 Å². The van der Waals surface area contributed by atoms with Gasteiger partial charge in [-0.25, -0.2) is 0 Å². The van der Waals surface area contributed by atoms with Gasteiger partial charge in [0.25, 0.3) is 0 Å². The summed E-state index contributed by atoms with van der Waals surface area (Å²) in [5.41, 5.74) is -5.32. The summed E-state index contributed by atoms with van der Waals surface area (Å²) in [7, 11) is -5.42. The fraction of sp³-hybridized carbons (Fsp3) is 1.00. The van der Waals surface area contributed by atoms with Crippen LogP contribution in [0.5, 0.6) is 0 Å². The highest BCUT2D eigenvalue weighted by Gasteiger charge is 2.47. The third-order valence-corrected chi connectivity index (χ3v) is 3.15. The first-order valence-corrected chi connectivity index (χ1v) is 5.90. The van der Waals surface area contributed by atoms with E-state index in [1.54, 1.807) is 0 Å². The van der Waals surface area contributed by atoms with E-state index < -0.39 is 22.2 Å². The standard InChI is InChI=1S/C7H12F3NO3S/c8-7(9,10)15(12,13)14-5-6-2-1-3-11-4-6/h6,11H,1-5H2. The Hall–Kier alpha value is -0.340. The van der Waals surface area contributed by atoms with E-state index in [1.165, 1.54) is 0 Å². The number of hydrogen-bond donors (Lipinski definition) is 1. The van der Waals surface area contributed by atoms with Crippen molar-refractivity contribution >= 4 is 10.1 Å². The molecule has 1 atom stereocenters. The maximum atomic E-state index is 11.9. The van der Waals surface area contributed by atoms with Crippen LogP contribution in [0.3, 0.4) is 0 Å². The number of alkyl halides is 3. The van der Waals surface area contributed by atoms with E-state index in [1.807, 2.05) is 0 Å². The lowest BCUT2D eigenvalue weighted by atomic mass is 10.0. The molecule has 4 nitrogen and oxygen atoms in total. The number of piperidine rings is 1. The highest BCUT2D eigenvalue weighted by atomic mass is 32.2. The highest BCUT2D eigenvalue weighted by molar-refractivity contribution is 7.87. The Bertz CT molecular complexity index is 295. The zero-order valence-electron chi connectivity index (χ0n) is 7.88. The highest BCUT2D eigenvalue weighted by Crippen LogP contribution is 2.25. The van der Waals surface area contributed by atoms with E-state index in [0.717, 1.165) is 13.0 Å². The van der Waals surface area contributed by atoms with Gasteiger partial charge in [-0.1, -0.05) is 0 Å². The van der Waals surface area contributed by atoms with Crippen molar-refractivity contribution in [2.75, 3.05) is 19.7 Å². The third kappa shape index (κ3) is 3.62. The second-order valence-corrected chi connectivity index (χ2v) is 5.00. The molecular formula is C7H12F3NO3S. The molecule has 0 saturated carbocycles. The lowest BCUT2D eigenvalue weighted by Gasteiger charge is -2.22. The number of rotatable bonds is 3. The van der Waals surface area contributed by atoms with Crippen LogP contribution in [-0.4, -0.2) is 33.6 Å². The minimum Gasteiger partial charge on any atom is -0.316 e. The van der Waals surface area contributed by atoms with Gasteiger partial charge in [0.2, 0.25) is 0 Å². The summed E-state index contributed by atoms with van der Waals surface area (Å²) in [6.45, 7) is 0.894. The maximum Gasteiger partial charge on any atom is 0.523 e. The molecule has 8 heteroatoms. The Kier molecular flexibility index (Phi) is 3.96. The molecule has 1 aliphatic heterocycles. The molecule has 0 aromatic carbocycles. The van der Waals surface area contributed by atoms with Crippen molar-refractivity contribution in [1.82, 2.24) is 5.32 Å². The Balaban J connectivity index is 2.42. The minimum absolute atomic E-state index is 0.170. The van der Waals surface area contributed by atoms with Crippen LogP contribution in [0, 0.1) is 5.92 Å². The fourth-order valence-electron chi connectivity index (χ4n) is 1.32. The average Bonchev–Trinajstić information content (AvgIpc) is 2.15. The fourth-order valence-corrected chi connectivity index (χ4v) is 1.82. The van der Waals surface area contributed by atoms with Crippen LogP contribution in [0.4, 0.5) is 13.2 Å². The van der Waals surface area contributed by atoms with E-state index in [0.29, 0.717) is 13.0 Å². The second kappa shape index (κ2) is 4.67. The molecule has 0 bridgehead atoms. The molecule has 0 aromatic rings. The van der Waals surface area contributed by atoms with Gasteiger partial charge < -0.3 is 5.32 Å². The molecule has 0 aliphatic carbocycles. The van der Waals surface area contributed by atoms with Crippen LogP contribution >= 0.6 is 0 Å². The Morgan fingerprint density at radius 3 is 2.53 bits per heavy atom. The van der Waals surface area contributed by atoms with Crippen LogP contribution in [0.25, 0.3) is 0 Å². The van der Waals surface area contributed by atoms with Crippen molar-refractivity contribution in [3.63, 3.8) is 0 Å². The molecule has 1 N–H and O–H groups in total. The Labute approximate surface area is 85.9 Å². The quantitative estimate of drug-likeness (QED) is 0.593. The zero-order valence-corrected chi connectivity index (χ0v) is 8.70. The van der Waals surface area contributed by atoms with E-state index >= 15 is 0 Å². The van der Waals surface area contributed by atoms with Crippen LogP contribution in [0.1, 0.15) is 12.8 Å². The van der Waals surface area contributed by atoms with Crippen molar-refractivity contribution in [2.24, 2.45) is 5.92 Å². The summed E-state index contributed by atoms with van der Waals surface area (Å²) in [4.78, 5) is 0. The predicted molar refractivity (Wildman–Crippen MR) is 46.5 cm³/mol. The zero-order chi connectivity index (χ0) is 11.5. The monoisotopic (exact) mass is 247 g/mol. The molecule has 1 unspecified atom stereocenters. The van der Waals surface area contributed by atoms with Crippen LogP contribution in [-0.2, 0) is 14.3 Å². The lowest BCUT2D eigenvalue weighted by molar-refractivity contribution is -0.0552. The summed E-state index contributed by atoms with van der Waals surface area (Å²) in [6, 6.07) is 0. The topological polar surface area (TPSA) is 55.4 Å². The molecule has 0 aromatic heterocycles. The van der Waals surface area contributed by atoms with Gasteiger partial charge in [0, 0.05) is 6.54 Å². The van der Waals surface area contributed by atoms with Crippen molar-refractivity contribution in [2.45, 2.75) is 18.3 Å². The third-order valence-electron chi connectivity index (χ3n) is 2.14. The first-order valence-electron chi connectivity index (χ1n) is 4.49. The van der Waals surface area contributed by atoms with Gasteiger partial charge in [-0.2, -0.15) is 21.6 Å². The normalized spacial score (nSPS) is 24.1. The first kappa shape index (κ1) is 12.7. The Morgan fingerprint density at radius 2 is 2.07 bits per heavy atom. The van der Waals surface area contributed by atoms with Crippen molar-refractivity contribution in [3.8, 4) is 0 Å². The van der Waals surface area contributed by atoms with E-state index in [4.69, 9.17) is 0 Å². The van der Waals surface area contributed by atoms with Crippen LogP contribution in [0.15, 0.2) is 0 Å². The minimum atomic E-state index is -5.42. The number of hydrogen-bond acceptors (Lipinski definition) is 4. The van der Waals surface area contributed by atoms with Crippen molar-refractivity contribution in [3.05, 3.63) is 0 Å². The molecule has 1 rings (SSSR count). The van der Waals surface area contributed by atoms with E-state index in [9.17, 15) is 21.6 Å². The van der Waals surface area contributed by atoms with Gasteiger partial charge in [0.15, 0.2) is 0 Å². The largest absolute Gasteiger partial charge is 0.523 e. The average molecular weight is 247 g/mol. The van der Waals surface area contributed by atoms with Crippen molar-refractivity contribution < 1.29 is 25.8 Å². The van der Waals surface area contributed by atoms with Gasteiger partial charge >= 0.3 is 15.6 Å². The predicted octanol–water partition coefficient (Wildman–Crippen LogP) is 0.852. The van der Waals surface area contributed by atoms with Gasteiger partial charge in [-0.15, -0.1) is 0 Å². The van der Waals surface area contributed by atoms with Gasteiger partial charge in [0.1, 0.15) is 0 Å². The van der Waals surface area contributed by atoms with Crippen LogP contribution in [0.2, 0.25) is 0 Å². The molecule has 1 aliphatic rings. The summed E-state index contributed by atoms with van der Waals surface area (Å²) >= 11 is 0. The van der Waals surface area contributed by atoms with Gasteiger partial charge in [-0.3, -0.25) is 4.18 Å². The first-order chi connectivity index (χ1) is 6.83. The molecular weight excluding hydrogens is 235 g/mol. The summed E-state index contributed by atoms with van der Waals surface area (Å²) in [5, 5.41) is 2.95. The van der Waals surface area contributed by atoms with Gasteiger partial charge in [0.05, 0.1) is 6.61 Å². The van der Waals surface area contributed by atoms with E-state index in [2.05, 4.69) is 9.50 Å². The molecule has 0 spiro atoms. The summed E-state index contributed by atoms with van der Waals surface area (Å²) < 4.78 is 60.6. The Morgan fingerprint density at radius 1 is 1.40 bits per heavy atom. The molecule has 1 heterocycles.